The van der Waals surface area contributed by atoms with Gasteiger partial charge in [0.15, 0.2) is 0 Å². The average Bonchev–Trinajstić information content (AvgIpc) is 2.48. The van der Waals surface area contributed by atoms with E-state index < -0.39 is 0 Å². The Kier molecular flexibility index (Phi) is 3.16. The molecule has 2 heterocycles. The van der Waals surface area contributed by atoms with E-state index in [1.807, 2.05) is 50.2 Å². The van der Waals surface area contributed by atoms with E-state index in [0.717, 1.165) is 33.4 Å². The molecule has 0 aliphatic heterocycles. The second-order valence-corrected chi connectivity index (χ2v) is 4.92. The van der Waals surface area contributed by atoms with E-state index in [0.29, 0.717) is 0 Å². The molecule has 20 heavy (non-hydrogen) atoms. The highest BCUT2D eigenvalue weighted by Gasteiger charge is 2.15. The number of hydrogen-bond acceptors (Lipinski definition) is 4. The van der Waals surface area contributed by atoms with Crippen molar-refractivity contribution in [2.24, 2.45) is 5.73 Å². The summed E-state index contributed by atoms with van der Waals surface area (Å²) in [6.45, 7) is 3.86. The van der Waals surface area contributed by atoms with Crippen LogP contribution in [0.2, 0.25) is 0 Å². The van der Waals surface area contributed by atoms with E-state index >= 15 is 0 Å². The first kappa shape index (κ1) is 12.7. The lowest BCUT2D eigenvalue weighted by atomic mass is 9.95. The smallest absolute Gasteiger partial charge is 0.0705 e. The van der Waals surface area contributed by atoms with E-state index in [9.17, 15) is 0 Å². The Morgan fingerprint density at radius 1 is 1.00 bits per heavy atom. The molecule has 4 heteroatoms. The number of benzene rings is 1. The molecule has 0 fully saturated rings. The molecule has 0 saturated heterocycles. The van der Waals surface area contributed by atoms with E-state index in [1.165, 1.54) is 0 Å². The number of nitrogens with two attached hydrogens (primary N) is 1. The van der Waals surface area contributed by atoms with E-state index in [4.69, 9.17) is 5.73 Å². The number of pyridine rings is 1. The minimum Gasteiger partial charge on any atom is -0.320 e. The van der Waals surface area contributed by atoms with Crippen molar-refractivity contribution in [1.82, 2.24) is 15.2 Å². The lowest BCUT2D eigenvalue weighted by Gasteiger charge is -2.16. The zero-order valence-electron chi connectivity index (χ0n) is 11.5. The molecule has 1 unspecified atom stereocenters. The van der Waals surface area contributed by atoms with Crippen molar-refractivity contribution in [3.05, 3.63) is 65.1 Å². The third-order valence-electron chi connectivity index (χ3n) is 3.49. The SMILES string of the molecule is Cc1cc(C(N)c2cccc3ncccc23)c(C)nn1. The second-order valence-electron chi connectivity index (χ2n) is 4.92. The fraction of sp³-hybridized carbons (Fsp3) is 0.188. The molecule has 1 atom stereocenters. The highest BCUT2D eigenvalue weighted by molar-refractivity contribution is 5.82. The number of aromatic nitrogens is 3. The average molecular weight is 264 g/mol. The summed E-state index contributed by atoms with van der Waals surface area (Å²) in [6.07, 6.45) is 1.79. The predicted octanol–water partition coefficient (Wildman–Crippen LogP) is 2.69. The third kappa shape index (κ3) is 2.14. The maximum absolute atomic E-state index is 6.46. The van der Waals surface area contributed by atoms with Gasteiger partial charge in [0.2, 0.25) is 0 Å². The van der Waals surface area contributed by atoms with Crippen molar-refractivity contribution in [1.29, 1.82) is 0 Å². The predicted molar refractivity (Wildman–Crippen MR) is 79.3 cm³/mol. The first-order chi connectivity index (χ1) is 9.66. The fourth-order valence-electron chi connectivity index (χ4n) is 2.45. The molecular formula is C16H16N4. The van der Waals surface area contributed by atoms with Crippen LogP contribution < -0.4 is 5.73 Å². The topological polar surface area (TPSA) is 64.7 Å². The Labute approximate surface area is 117 Å². The summed E-state index contributed by atoms with van der Waals surface area (Å²) in [7, 11) is 0. The summed E-state index contributed by atoms with van der Waals surface area (Å²) in [6, 6.07) is 11.8. The van der Waals surface area contributed by atoms with Gasteiger partial charge in [0, 0.05) is 11.6 Å². The highest BCUT2D eigenvalue weighted by atomic mass is 15.1. The molecule has 4 nitrogen and oxygen atoms in total. The second kappa shape index (κ2) is 4.98. The number of aryl methyl sites for hydroxylation is 2. The molecule has 2 N–H and O–H groups in total. The van der Waals surface area contributed by atoms with Gasteiger partial charge >= 0.3 is 0 Å². The number of rotatable bonds is 2. The first-order valence-corrected chi connectivity index (χ1v) is 6.57. The molecule has 3 rings (SSSR count). The van der Waals surface area contributed by atoms with Crippen molar-refractivity contribution in [3.63, 3.8) is 0 Å². The molecule has 0 amide bonds. The summed E-state index contributed by atoms with van der Waals surface area (Å²) in [5, 5.41) is 9.30. The van der Waals surface area contributed by atoms with Crippen LogP contribution in [0.3, 0.4) is 0 Å². The van der Waals surface area contributed by atoms with Crippen LogP contribution in [0.4, 0.5) is 0 Å². The first-order valence-electron chi connectivity index (χ1n) is 6.57. The molecule has 0 aliphatic carbocycles. The molecule has 0 bridgehead atoms. The van der Waals surface area contributed by atoms with Gasteiger partial charge in [-0.05, 0) is 43.2 Å². The summed E-state index contributed by atoms with van der Waals surface area (Å²) in [5.74, 6) is 0. The number of fused-ring (bicyclic) bond motifs is 1. The number of hydrogen-bond donors (Lipinski definition) is 1. The van der Waals surface area contributed by atoms with Crippen LogP contribution >= 0.6 is 0 Å². The van der Waals surface area contributed by atoms with Crippen LogP contribution in [0.5, 0.6) is 0 Å². The maximum atomic E-state index is 6.46. The monoisotopic (exact) mass is 264 g/mol. The molecule has 0 spiro atoms. The van der Waals surface area contributed by atoms with Crippen LogP contribution in [-0.4, -0.2) is 15.2 Å². The van der Waals surface area contributed by atoms with Crippen molar-refractivity contribution >= 4 is 10.9 Å². The van der Waals surface area contributed by atoms with Crippen molar-refractivity contribution in [2.45, 2.75) is 19.9 Å². The Morgan fingerprint density at radius 2 is 1.85 bits per heavy atom. The largest absolute Gasteiger partial charge is 0.320 e. The van der Waals surface area contributed by atoms with E-state index in [2.05, 4.69) is 15.2 Å². The molecule has 1 aromatic carbocycles. The van der Waals surface area contributed by atoms with Gasteiger partial charge in [0.05, 0.1) is 22.9 Å². The molecule has 0 radical (unpaired) electrons. The van der Waals surface area contributed by atoms with Crippen LogP contribution in [-0.2, 0) is 0 Å². The highest BCUT2D eigenvalue weighted by Crippen LogP contribution is 2.27. The minimum absolute atomic E-state index is 0.225. The maximum Gasteiger partial charge on any atom is 0.0705 e. The third-order valence-corrected chi connectivity index (χ3v) is 3.49. The zero-order chi connectivity index (χ0) is 14.1. The van der Waals surface area contributed by atoms with Crippen molar-refractivity contribution < 1.29 is 0 Å². The molecular weight excluding hydrogens is 248 g/mol. The Hall–Kier alpha value is -2.33. The van der Waals surface area contributed by atoms with Gasteiger partial charge in [-0.3, -0.25) is 4.98 Å². The van der Waals surface area contributed by atoms with Crippen LogP contribution in [0.1, 0.15) is 28.6 Å². The van der Waals surface area contributed by atoms with Gasteiger partial charge in [0.1, 0.15) is 0 Å². The van der Waals surface area contributed by atoms with Crippen LogP contribution in [0.15, 0.2) is 42.6 Å². The Balaban J connectivity index is 2.17. The quantitative estimate of drug-likeness (QED) is 0.773. The normalized spacial score (nSPS) is 12.6. The summed E-state index contributed by atoms with van der Waals surface area (Å²) < 4.78 is 0. The van der Waals surface area contributed by atoms with E-state index in [-0.39, 0.29) is 6.04 Å². The molecule has 3 aromatic rings. The van der Waals surface area contributed by atoms with E-state index in [1.54, 1.807) is 6.20 Å². The zero-order valence-corrected chi connectivity index (χ0v) is 11.5. The van der Waals surface area contributed by atoms with Gasteiger partial charge in [-0.15, -0.1) is 0 Å². The van der Waals surface area contributed by atoms with Crippen LogP contribution in [0.25, 0.3) is 10.9 Å². The fourth-order valence-corrected chi connectivity index (χ4v) is 2.45. The molecule has 0 aliphatic rings. The Morgan fingerprint density at radius 3 is 2.70 bits per heavy atom. The molecule has 2 aromatic heterocycles. The van der Waals surface area contributed by atoms with Crippen molar-refractivity contribution in [3.8, 4) is 0 Å². The van der Waals surface area contributed by atoms with Crippen molar-refractivity contribution in [2.75, 3.05) is 0 Å². The van der Waals surface area contributed by atoms with Gasteiger partial charge in [-0.25, -0.2) is 0 Å². The summed E-state index contributed by atoms with van der Waals surface area (Å²) in [5.41, 5.74) is 11.2. The minimum atomic E-state index is -0.225. The lowest BCUT2D eigenvalue weighted by molar-refractivity contribution is 0.818. The Bertz CT molecular complexity index is 762. The number of nitrogens with zero attached hydrogens (tertiary/aromatic N) is 3. The summed E-state index contributed by atoms with van der Waals surface area (Å²) in [4.78, 5) is 4.37. The summed E-state index contributed by atoms with van der Waals surface area (Å²) >= 11 is 0. The molecule has 100 valence electrons. The van der Waals surface area contributed by atoms with Gasteiger partial charge in [0.25, 0.3) is 0 Å². The van der Waals surface area contributed by atoms with Gasteiger partial charge in [-0.2, -0.15) is 10.2 Å². The van der Waals surface area contributed by atoms with Gasteiger partial charge in [-0.1, -0.05) is 18.2 Å². The van der Waals surface area contributed by atoms with Gasteiger partial charge < -0.3 is 5.73 Å². The standard InChI is InChI=1S/C16H16N4/c1-10-9-14(11(2)20-19-10)16(17)13-5-3-7-15-12(13)6-4-8-18-15/h3-9,16H,17H2,1-2H3. The lowest BCUT2D eigenvalue weighted by Crippen LogP contribution is -2.15. The van der Waals surface area contributed by atoms with Crippen LogP contribution in [0, 0.1) is 13.8 Å². The molecule has 0 saturated carbocycles.